The van der Waals surface area contributed by atoms with Gasteiger partial charge in [-0.15, -0.1) is 12.4 Å². The number of H-pyrrole nitrogens is 1. The molecule has 0 saturated carbocycles. The zero-order valence-corrected chi connectivity index (χ0v) is 19.7. The minimum Gasteiger partial charge on any atom is -0.453 e. The van der Waals surface area contributed by atoms with Crippen LogP contribution in [0.2, 0.25) is 0 Å². The molecule has 3 aromatic heterocycles. The molecule has 5 rings (SSSR count). The number of hydrogen-bond donors (Lipinski definition) is 2. The van der Waals surface area contributed by atoms with Crippen molar-refractivity contribution in [1.29, 1.82) is 0 Å². The smallest absolute Gasteiger partial charge is 0.261 e. The van der Waals surface area contributed by atoms with Crippen LogP contribution >= 0.6 is 12.4 Å². The summed E-state index contributed by atoms with van der Waals surface area (Å²) in [6, 6.07) is 16.6. The van der Waals surface area contributed by atoms with E-state index in [9.17, 15) is 13.6 Å². The highest BCUT2D eigenvalue weighted by atomic mass is 35.5. The van der Waals surface area contributed by atoms with Crippen molar-refractivity contribution >= 4 is 46.5 Å². The van der Waals surface area contributed by atoms with Gasteiger partial charge in [0.2, 0.25) is 0 Å². The predicted octanol–water partition coefficient (Wildman–Crippen LogP) is 6.47. The Morgan fingerprint density at radius 1 is 0.972 bits per heavy atom. The molecule has 0 aliphatic carbocycles. The van der Waals surface area contributed by atoms with E-state index in [0.717, 1.165) is 5.39 Å². The number of amides is 1. The number of halogens is 3. The van der Waals surface area contributed by atoms with Crippen molar-refractivity contribution in [3.63, 3.8) is 0 Å². The van der Waals surface area contributed by atoms with E-state index < -0.39 is 11.6 Å². The lowest BCUT2D eigenvalue weighted by Crippen LogP contribution is -2.27. The van der Waals surface area contributed by atoms with Gasteiger partial charge in [-0.3, -0.25) is 4.79 Å². The van der Waals surface area contributed by atoms with Crippen LogP contribution in [0.4, 0.5) is 26.0 Å². The van der Waals surface area contributed by atoms with Gasteiger partial charge in [-0.1, -0.05) is 0 Å². The van der Waals surface area contributed by atoms with Crippen LogP contribution in [0, 0.1) is 11.6 Å². The van der Waals surface area contributed by atoms with E-state index in [0.29, 0.717) is 22.8 Å². The predicted molar refractivity (Wildman–Crippen MR) is 136 cm³/mol. The molecule has 3 heterocycles. The first-order valence-corrected chi connectivity index (χ1v) is 10.6. The molecular formula is C26H20ClF2N5O2. The normalized spacial score (nSPS) is 10.5. The fourth-order valence-corrected chi connectivity index (χ4v) is 3.58. The molecule has 0 atom stereocenters. The first kappa shape index (κ1) is 24.6. The minimum absolute atomic E-state index is 0. The van der Waals surface area contributed by atoms with Gasteiger partial charge in [0.05, 0.1) is 10.9 Å². The van der Waals surface area contributed by atoms with Crippen LogP contribution in [0.15, 0.2) is 85.3 Å². The number of ether oxygens (including phenoxy) is 1. The van der Waals surface area contributed by atoms with E-state index >= 15 is 0 Å². The Balaban J connectivity index is 0.00000304. The molecule has 0 spiro atoms. The molecule has 2 N–H and O–H groups in total. The SMILES string of the molecule is CN(C(=O)c1cccnc1Nc1ccc(Oc2ccnc3[nH]ccc23)c(F)c1)c1ccc(F)cc1.Cl. The number of benzene rings is 2. The zero-order chi connectivity index (χ0) is 24.4. The van der Waals surface area contributed by atoms with Crippen LogP contribution in [0.25, 0.3) is 11.0 Å². The van der Waals surface area contributed by atoms with E-state index in [2.05, 4.69) is 20.3 Å². The number of nitrogens with one attached hydrogen (secondary N) is 2. The molecule has 0 aliphatic rings. The van der Waals surface area contributed by atoms with Crippen molar-refractivity contribution in [2.24, 2.45) is 0 Å². The molecule has 0 saturated heterocycles. The van der Waals surface area contributed by atoms with Gasteiger partial charge in [0.15, 0.2) is 11.6 Å². The van der Waals surface area contributed by atoms with Crippen molar-refractivity contribution in [1.82, 2.24) is 15.0 Å². The van der Waals surface area contributed by atoms with E-state index in [1.54, 1.807) is 49.8 Å². The summed E-state index contributed by atoms with van der Waals surface area (Å²) in [4.78, 5) is 25.9. The fourth-order valence-electron chi connectivity index (χ4n) is 3.58. The number of aromatic nitrogens is 3. The number of aromatic amines is 1. The molecule has 0 bridgehead atoms. The van der Waals surface area contributed by atoms with Gasteiger partial charge in [-0.05, 0) is 60.7 Å². The second-order valence-corrected chi connectivity index (χ2v) is 7.66. The molecule has 1 amide bonds. The minimum atomic E-state index is -0.595. The number of hydrogen-bond acceptors (Lipinski definition) is 5. The summed E-state index contributed by atoms with van der Waals surface area (Å²) in [6.45, 7) is 0. The quantitative estimate of drug-likeness (QED) is 0.275. The van der Waals surface area contributed by atoms with Crippen LogP contribution in [-0.2, 0) is 0 Å². The van der Waals surface area contributed by atoms with Crippen LogP contribution in [0.5, 0.6) is 11.5 Å². The van der Waals surface area contributed by atoms with Gasteiger partial charge in [0.1, 0.15) is 23.0 Å². The Hall–Kier alpha value is -4.50. The van der Waals surface area contributed by atoms with Crippen molar-refractivity contribution in [2.75, 3.05) is 17.3 Å². The monoisotopic (exact) mass is 507 g/mol. The van der Waals surface area contributed by atoms with Crippen molar-refractivity contribution < 1.29 is 18.3 Å². The number of pyridine rings is 2. The van der Waals surface area contributed by atoms with E-state index in [4.69, 9.17) is 4.74 Å². The van der Waals surface area contributed by atoms with Gasteiger partial charge in [0.25, 0.3) is 5.91 Å². The maximum Gasteiger partial charge on any atom is 0.261 e. The molecule has 0 radical (unpaired) electrons. The lowest BCUT2D eigenvalue weighted by Gasteiger charge is -2.19. The highest BCUT2D eigenvalue weighted by molar-refractivity contribution is 6.09. The first-order valence-electron chi connectivity index (χ1n) is 10.6. The summed E-state index contributed by atoms with van der Waals surface area (Å²) >= 11 is 0. The van der Waals surface area contributed by atoms with Crippen LogP contribution in [0.3, 0.4) is 0 Å². The summed E-state index contributed by atoms with van der Waals surface area (Å²) in [5.74, 6) is -0.588. The molecule has 0 fully saturated rings. The van der Waals surface area contributed by atoms with Crippen molar-refractivity contribution in [2.45, 2.75) is 0 Å². The van der Waals surface area contributed by atoms with Gasteiger partial charge in [-0.2, -0.15) is 0 Å². The third-order valence-electron chi connectivity index (χ3n) is 5.39. The maximum atomic E-state index is 14.9. The average molecular weight is 508 g/mol. The summed E-state index contributed by atoms with van der Waals surface area (Å²) in [7, 11) is 1.58. The number of rotatable bonds is 6. The van der Waals surface area contributed by atoms with Gasteiger partial charge < -0.3 is 19.9 Å². The maximum absolute atomic E-state index is 14.9. The topological polar surface area (TPSA) is 83.1 Å². The third kappa shape index (κ3) is 4.96. The van der Waals surface area contributed by atoms with Gasteiger partial charge in [-0.25, -0.2) is 18.7 Å². The molecule has 0 aliphatic heterocycles. The molecule has 10 heteroatoms. The Morgan fingerprint density at radius 2 is 1.78 bits per heavy atom. The number of carbonyl (C=O) groups is 1. The standard InChI is InChI=1S/C26H19F2N5O2.ClH/c1-33(18-7-4-16(27)5-8-18)26(34)20-3-2-12-29-25(20)32-17-6-9-23(21(28)15-17)35-22-11-14-31-24-19(22)10-13-30-24;/h2-15H,1H3,(H,29,32)(H,30,31);1H. The largest absolute Gasteiger partial charge is 0.453 e. The summed E-state index contributed by atoms with van der Waals surface area (Å²) < 4.78 is 33.9. The van der Waals surface area contributed by atoms with Crippen LogP contribution in [0.1, 0.15) is 10.4 Å². The third-order valence-corrected chi connectivity index (χ3v) is 5.39. The van der Waals surface area contributed by atoms with E-state index in [1.807, 2.05) is 0 Å². The Labute approximate surface area is 211 Å². The number of nitrogens with zero attached hydrogens (tertiary/aromatic N) is 3. The van der Waals surface area contributed by atoms with E-state index in [-0.39, 0.29) is 35.4 Å². The highest BCUT2D eigenvalue weighted by Crippen LogP contribution is 2.32. The summed E-state index contributed by atoms with van der Waals surface area (Å²) in [5.41, 5.74) is 1.81. The average Bonchev–Trinajstić information content (AvgIpc) is 3.36. The molecule has 5 aromatic rings. The van der Waals surface area contributed by atoms with Crippen molar-refractivity contribution in [3.8, 4) is 11.5 Å². The Morgan fingerprint density at radius 3 is 2.56 bits per heavy atom. The van der Waals surface area contributed by atoms with Crippen molar-refractivity contribution in [3.05, 3.63) is 103 Å². The molecule has 36 heavy (non-hydrogen) atoms. The first-order chi connectivity index (χ1) is 17.0. The second kappa shape index (κ2) is 10.4. The lowest BCUT2D eigenvalue weighted by molar-refractivity contribution is 0.0993. The number of anilines is 3. The summed E-state index contributed by atoms with van der Waals surface area (Å²) in [5, 5.41) is 3.73. The molecule has 0 unspecified atom stereocenters. The molecule has 2 aromatic carbocycles. The zero-order valence-electron chi connectivity index (χ0n) is 18.9. The fraction of sp³-hybridized carbons (Fsp3) is 0.0385. The highest BCUT2D eigenvalue weighted by Gasteiger charge is 2.19. The lowest BCUT2D eigenvalue weighted by atomic mass is 10.2. The number of carbonyl (C=O) groups excluding carboxylic acids is 1. The summed E-state index contributed by atoms with van der Waals surface area (Å²) in [6.07, 6.45) is 4.83. The van der Waals surface area contributed by atoms with Crippen LogP contribution < -0.4 is 15.0 Å². The van der Waals surface area contributed by atoms with Crippen LogP contribution in [-0.4, -0.2) is 27.9 Å². The van der Waals surface area contributed by atoms with E-state index in [1.165, 1.54) is 47.5 Å². The van der Waals surface area contributed by atoms with Gasteiger partial charge in [0, 0.05) is 43.1 Å². The molecular weight excluding hydrogens is 488 g/mol. The molecule has 182 valence electrons. The Bertz CT molecular complexity index is 1520. The molecule has 7 nitrogen and oxygen atoms in total. The second-order valence-electron chi connectivity index (χ2n) is 7.66. The number of fused-ring (bicyclic) bond motifs is 1. The van der Waals surface area contributed by atoms with Gasteiger partial charge >= 0.3 is 0 Å². The Kier molecular flexibility index (Phi) is 7.12.